The van der Waals surface area contributed by atoms with Gasteiger partial charge in [0.2, 0.25) is 0 Å². The summed E-state index contributed by atoms with van der Waals surface area (Å²) in [6.07, 6.45) is 0. The number of carbonyl (C=O) groups excluding carboxylic acids is 1. The number of hydrogen-bond acceptors (Lipinski definition) is 3. The Labute approximate surface area is 125 Å². The molecule has 1 N–H and O–H groups in total. The molecule has 0 aliphatic carbocycles. The Morgan fingerprint density at radius 1 is 1.21 bits per heavy atom. The van der Waals surface area contributed by atoms with Gasteiger partial charge in [-0.2, -0.15) is 0 Å². The third-order valence-electron chi connectivity index (χ3n) is 2.70. The Morgan fingerprint density at radius 3 is 2.53 bits per heavy atom. The van der Waals surface area contributed by atoms with E-state index in [9.17, 15) is 9.90 Å². The van der Waals surface area contributed by atoms with Gasteiger partial charge < -0.3 is 9.84 Å². The number of phenols is 1. The maximum Gasteiger partial charge on any atom is 0.172 e. The molecule has 0 aromatic heterocycles. The van der Waals surface area contributed by atoms with Crippen molar-refractivity contribution in [3.8, 4) is 11.5 Å². The minimum Gasteiger partial charge on any atom is -0.504 e. The molecule has 0 saturated heterocycles. The van der Waals surface area contributed by atoms with Crippen LogP contribution >= 0.6 is 22.6 Å². The SMILES string of the molecule is CC(=O)c1ccc(OCc2ccccc2)c(O)c1I. The molecule has 0 bridgehead atoms. The molecular weight excluding hydrogens is 355 g/mol. The monoisotopic (exact) mass is 368 g/mol. The number of halogens is 1. The normalized spacial score (nSPS) is 10.2. The van der Waals surface area contributed by atoms with E-state index in [1.807, 2.05) is 52.9 Å². The van der Waals surface area contributed by atoms with E-state index in [4.69, 9.17) is 4.74 Å². The van der Waals surface area contributed by atoms with Gasteiger partial charge in [0, 0.05) is 5.56 Å². The number of phenolic OH excluding ortho intramolecular Hbond substituents is 1. The molecule has 3 nitrogen and oxygen atoms in total. The molecule has 0 aliphatic rings. The number of ketones is 1. The standard InChI is InChI=1S/C15H13IO3/c1-10(17)12-7-8-13(15(18)14(12)16)19-9-11-5-3-2-4-6-11/h2-8,18H,9H2,1H3. The highest BCUT2D eigenvalue weighted by atomic mass is 127. The Bertz CT molecular complexity index is 594. The Morgan fingerprint density at radius 2 is 1.89 bits per heavy atom. The van der Waals surface area contributed by atoms with E-state index >= 15 is 0 Å². The molecule has 2 aromatic rings. The van der Waals surface area contributed by atoms with Gasteiger partial charge in [-0.1, -0.05) is 30.3 Å². The lowest BCUT2D eigenvalue weighted by molar-refractivity contribution is 0.101. The van der Waals surface area contributed by atoms with Crippen LogP contribution in [0.5, 0.6) is 11.5 Å². The molecule has 0 aliphatic heterocycles. The second kappa shape index (κ2) is 6.06. The van der Waals surface area contributed by atoms with Crippen LogP contribution in [0.25, 0.3) is 0 Å². The maximum atomic E-state index is 11.4. The zero-order valence-corrected chi connectivity index (χ0v) is 12.5. The summed E-state index contributed by atoms with van der Waals surface area (Å²) >= 11 is 1.95. The summed E-state index contributed by atoms with van der Waals surface area (Å²) in [6, 6.07) is 13.0. The molecule has 0 fully saturated rings. The van der Waals surface area contributed by atoms with Crippen LogP contribution in [-0.2, 0) is 6.61 Å². The van der Waals surface area contributed by atoms with E-state index in [1.54, 1.807) is 12.1 Å². The predicted octanol–water partition coefficient (Wildman–Crippen LogP) is 3.78. The zero-order valence-electron chi connectivity index (χ0n) is 10.4. The van der Waals surface area contributed by atoms with Crippen molar-refractivity contribution in [3.63, 3.8) is 0 Å². The first-order chi connectivity index (χ1) is 9.09. The largest absolute Gasteiger partial charge is 0.504 e. The van der Waals surface area contributed by atoms with Crippen LogP contribution in [0.15, 0.2) is 42.5 Å². The lowest BCUT2D eigenvalue weighted by Crippen LogP contribution is -2.00. The first kappa shape index (κ1) is 13.9. The predicted molar refractivity (Wildman–Crippen MR) is 81.6 cm³/mol. The second-order valence-corrected chi connectivity index (χ2v) is 5.18. The van der Waals surface area contributed by atoms with E-state index in [-0.39, 0.29) is 11.5 Å². The van der Waals surface area contributed by atoms with Crippen LogP contribution in [0.3, 0.4) is 0 Å². The van der Waals surface area contributed by atoms with Crippen molar-refractivity contribution in [1.82, 2.24) is 0 Å². The lowest BCUT2D eigenvalue weighted by Gasteiger charge is -2.11. The van der Waals surface area contributed by atoms with Gasteiger partial charge in [-0.25, -0.2) is 0 Å². The van der Waals surface area contributed by atoms with Gasteiger partial charge in [-0.3, -0.25) is 4.79 Å². The van der Waals surface area contributed by atoms with Crippen LogP contribution in [0.2, 0.25) is 0 Å². The zero-order chi connectivity index (χ0) is 13.8. The van der Waals surface area contributed by atoms with Gasteiger partial charge in [0.1, 0.15) is 6.61 Å². The topological polar surface area (TPSA) is 46.5 Å². The van der Waals surface area contributed by atoms with Gasteiger partial charge in [0.25, 0.3) is 0 Å². The Hall–Kier alpha value is -1.56. The smallest absolute Gasteiger partial charge is 0.172 e. The molecule has 0 heterocycles. The van der Waals surface area contributed by atoms with Crippen molar-refractivity contribution in [1.29, 1.82) is 0 Å². The number of ether oxygens (including phenoxy) is 1. The van der Waals surface area contributed by atoms with Crippen LogP contribution in [0, 0.1) is 3.57 Å². The van der Waals surface area contributed by atoms with Crippen LogP contribution < -0.4 is 4.74 Å². The van der Waals surface area contributed by atoms with Crippen molar-refractivity contribution in [2.75, 3.05) is 0 Å². The molecule has 0 amide bonds. The van der Waals surface area contributed by atoms with Gasteiger partial charge in [-0.05, 0) is 47.2 Å². The summed E-state index contributed by atoms with van der Waals surface area (Å²) < 4.78 is 6.10. The average molecular weight is 368 g/mol. The Kier molecular flexibility index (Phi) is 4.42. The minimum atomic E-state index is -0.0747. The summed E-state index contributed by atoms with van der Waals surface area (Å²) in [5.41, 5.74) is 1.53. The van der Waals surface area contributed by atoms with E-state index in [1.165, 1.54) is 6.92 Å². The van der Waals surface area contributed by atoms with Crippen molar-refractivity contribution >= 4 is 28.4 Å². The summed E-state index contributed by atoms with van der Waals surface area (Å²) in [6.45, 7) is 1.85. The van der Waals surface area contributed by atoms with Crippen molar-refractivity contribution in [2.24, 2.45) is 0 Å². The summed E-state index contributed by atoms with van der Waals surface area (Å²) in [5, 5.41) is 10.0. The van der Waals surface area contributed by atoms with Crippen LogP contribution in [-0.4, -0.2) is 10.9 Å². The van der Waals surface area contributed by atoms with Gasteiger partial charge in [-0.15, -0.1) is 0 Å². The first-order valence-corrected chi connectivity index (χ1v) is 6.86. The molecule has 19 heavy (non-hydrogen) atoms. The number of aromatic hydroxyl groups is 1. The molecule has 0 spiro atoms. The van der Waals surface area contributed by atoms with Crippen molar-refractivity contribution in [2.45, 2.75) is 13.5 Å². The molecular formula is C15H13IO3. The summed E-state index contributed by atoms with van der Waals surface area (Å²) in [4.78, 5) is 11.4. The average Bonchev–Trinajstić information content (AvgIpc) is 2.41. The number of hydrogen-bond donors (Lipinski definition) is 1. The molecule has 0 atom stereocenters. The van der Waals surface area contributed by atoms with E-state index in [0.29, 0.717) is 21.5 Å². The molecule has 2 aromatic carbocycles. The van der Waals surface area contributed by atoms with E-state index < -0.39 is 0 Å². The third kappa shape index (κ3) is 3.26. The third-order valence-corrected chi connectivity index (χ3v) is 3.79. The van der Waals surface area contributed by atoms with Crippen LogP contribution in [0.1, 0.15) is 22.8 Å². The number of rotatable bonds is 4. The number of Topliss-reactive ketones (excluding diaryl/α,β-unsaturated/α-hetero) is 1. The fourth-order valence-electron chi connectivity index (χ4n) is 1.67. The highest BCUT2D eigenvalue weighted by molar-refractivity contribution is 14.1. The van der Waals surface area contributed by atoms with Gasteiger partial charge >= 0.3 is 0 Å². The fourth-order valence-corrected chi connectivity index (χ4v) is 2.50. The molecule has 2 rings (SSSR count). The fraction of sp³-hybridized carbons (Fsp3) is 0.133. The van der Waals surface area contributed by atoms with Crippen LogP contribution in [0.4, 0.5) is 0 Å². The second-order valence-electron chi connectivity index (χ2n) is 4.10. The highest BCUT2D eigenvalue weighted by Crippen LogP contribution is 2.34. The highest BCUT2D eigenvalue weighted by Gasteiger charge is 2.14. The Balaban J connectivity index is 2.18. The first-order valence-electron chi connectivity index (χ1n) is 5.78. The number of carbonyl (C=O) groups is 1. The van der Waals surface area contributed by atoms with E-state index in [2.05, 4.69) is 0 Å². The van der Waals surface area contributed by atoms with Crippen molar-refractivity contribution in [3.05, 3.63) is 57.2 Å². The molecule has 98 valence electrons. The quantitative estimate of drug-likeness (QED) is 0.660. The number of benzene rings is 2. The molecule has 0 saturated carbocycles. The summed E-state index contributed by atoms with van der Waals surface area (Å²) in [5.74, 6) is 0.330. The lowest BCUT2D eigenvalue weighted by atomic mass is 10.1. The van der Waals surface area contributed by atoms with Gasteiger partial charge in [0.15, 0.2) is 17.3 Å². The van der Waals surface area contributed by atoms with Gasteiger partial charge in [0.05, 0.1) is 3.57 Å². The maximum absolute atomic E-state index is 11.4. The summed E-state index contributed by atoms with van der Waals surface area (Å²) in [7, 11) is 0. The molecule has 0 unspecified atom stereocenters. The molecule has 0 radical (unpaired) electrons. The van der Waals surface area contributed by atoms with E-state index in [0.717, 1.165) is 5.56 Å². The molecule has 4 heteroatoms. The minimum absolute atomic E-state index is 0.0178. The van der Waals surface area contributed by atoms with Crippen molar-refractivity contribution < 1.29 is 14.6 Å².